The Labute approximate surface area is 120 Å². The average Bonchev–Trinajstić information content (AvgIpc) is 2.96. The molecule has 0 spiro atoms. The van der Waals surface area contributed by atoms with Gasteiger partial charge in [0.1, 0.15) is 18.6 Å². The van der Waals surface area contributed by atoms with E-state index in [-0.39, 0.29) is 18.2 Å². The minimum atomic E-state index is -0.375. The zero-order valence-electron chi connectivity index (χ0n) is 11.2. The molecular weight excluding hydrogens is 272 g/mol. The average molecular weight is 286 g/mol. The van der Waals surface area contributed by atoms with Gasteiger partial charge in [-0.15, -0.1) is 11.7 Å². The number of carbonyl (C=O) groups excluding carboxylic acids is 1. The van der Waals surface area contributed by atoms with Gasteiger partial charge in [-0.25, -0.2) is 10.1 Å². The molecule has 0 saturated carbocycles. The van der Waals surface area contributed by atoms with E-state index in [0.717, 1.165) is 5.56 Å². The minimum Gasteiger partial charge on any atom is -0.507 e. The third-order valence-corrected chi connectivity index (χ3v) is 2.60. The number of hydrogen-bond donors (Lipinski definition) is 2. The molecule has 0 unspecified atom stereocenters. The predicted octanol–water partition coefficient (Wildman–Crippen LogP) is 0.257. The van der Waals surface area contributed by atoms with E-state index in [1.165, 1.54) is 17.2 Å². The summed E-state index contributed by atoms with van der Waals surface area (Å²) in [5.41, 5.74) is 3.59. The van der Waals surface area contributed by atoms with E-state index in [1.54, 1.807) is 24.3 Å². The van der Waals surface area contributed by atoms with Gasteiger partial charge in [0.25, 0.3) is 5.91 Å². The molecule has 8 heteroatoms. The maximum Gasteiger partial charge on any atom is 0.261 e. The monoisotopic (exact) mass is 286 g/mol. The zero-order valence-corrected chi connectivity index (χ0v) is 11.2. The highest BCUT2D eigenvalue weighted by molar-refractivity contribution is 5.85. The molecular formula is C13H14N6O2. The summed E-state index contributed by atoms with van der Waals surface area (Å²) in [6.45, 7) is 3.59. The Kier molecular flexibility index (Phi) is 4.75. The summed E-state index contributed by atoms with van der Waals surface area (Å²) in [6.07, 6.45) is 4.95. The number of carbonyl (C=O) groups is 1. The largest absolute Gasteiger partial charge is 0.507 e. The number of amides is 1. The number of phenols is 1. The molecule has 21 heavy (non-hydrogen) atoms. The lowest BCUT2D eigenvalue weighted by atomic mass is 10.1. The maximum absolute atomic E-state index is 11.5. The molecule has 1 aromatic heterocycles. The van der Waals surface area contributed by atoms with Crippen molar-refractivity contribution in [3.63, 3.8) is 0 Å². The second-order valence-electron chi connectivity index (χ2n) is 4.15. The molecule has 1 heterocycles. The first-order chi connectivity index (χ1) is 10.2. The van der Waals surface area contributed by atoms with Gasteiger partial charge in [-0.1, -0.05) is 18.2 Å². The zero-order chi connectivity index (χ0) is 15.1. The standard InChI is InChI=1S/C13H14N6O2/c1-2-4-10-5-3-6-11(13(10)21)7-14-16-12(20)8-19-9-15-17-18-19/h2-3,5-7,9,21H,1,4,8H2,(H,16,20). The van der Waals surface area contributed by atoms with Crippen LogP contribution in [0.4, 0.5) is 0 Å². The summed E-state index contributed by atoms with van der Waals surface area (Å²) in [7, 11) is 0. The third-order valence-electron chi connectivity index (χ3n) is 2.60. The summed E-state index contributed by atoms with van der Waals surface area (Å²) < 4.78 is 1.27. The van der Waals surface area contributed by atoms with Gasteiger partial charge >= 0.3 is 0 Å². The van der Waals surface area contributed by atoms with E-state index in [4.69, 9.17) is 0 Å². The fourth-order valence-electron chi connectivity index (χ4n) is 1.64. The van der Waals surface area contributed by atoms with Crippen LogP contribution in [-0.2, 0) is 17.8 Å². The van der Waals surface area contributed by atoms with E-state index in [9.17, 15) is 9.90 Å². The summed E-state index contributed by atoms with van der Waals surface area (Å²) >= 11 is 0. The van der Waals surface area contributed by atoms with Gasteiger partial charge in [-0.3, -0.25) is 4.79 Å². The topological polar surface area (TPSA) is 105 Å². The smallest absolute Gasteiger partial charge is 0.261 e. The minimum absolute atomic E-state index is 0.0349. The number of allylic oxidation sites excluding steroid dienone is 1. The van der Waals surface area contributed by atoms with E-state index < -0.39 is 0 Å². The number of benzene rings is 1. The Morgan fingerprint density at radius 1 is 1.52 bits per heavy atom. The summed E-state index contributed by atoms with van der Waals surface area (Å²) in [4.78, 5) is 11.5. The van der Waals surface area contributed by atoms with Crippen LogP contribution in [0, 0.1) is 0 Å². The van der Waals surface area contributed by atoms with Crippen molar-refractivity contribution in [1.82, 2.24) is 25.6 Å². The van der Waals surface area contributed by atoms with Gasteiger partial charge in [-0.05, 0) is 28.5 Å². The first-order valence-electron chi connectivity index (χ1n) is 6.15. The van der Waals surface area contributed by atoms with Crippen LogP contribution >= 0.6 is 0 Å². The second kappa shape index (κ2) is 6.94. The molecule has 0 fully saturated rings. The van der Waals surface area contributed by atoms with Crippen LogP contribution in [0.5, 0.6) is 5.75 Å². The number of hydrogen-bond acceptors (Lipinski definition) is 6. The molecule has 0 atom stereocenters. The van der Waals surface area contributed by atoms with Crippen LogP contribution in [0.15, 0.2) is 42.3 Å². The van der Waals surface area contributed by atoms with Crippen molar-refractivity contribution in [2.24, 2.45) is 5.10 Å². The highest BCUT2D eigenvalue weighted by Gasteiger charge is 2.05. The van der Waals surface area contributed by atoms with Crippen molar-refractivity contribution >= 4 is 12.1 Å². The van der Waals surface area contributed by atoms with Crippen LogP contribution < -0.4 is 5.43 Å². The number of rotatable bonds is 6. The Hall–Kier alpha value is -3.03. The van der Waals surface area contributed by atoms with Crippen molar-refractivity contribution < 1.29 is 9.90 Å². The van der Waals surface area contributed by atoms with Crippen LogP contribution in [0.25, 0.3) is 0 Å². The number of nitrogens with zero attached hydrogens (tertiary/aromatic N) is 5. The lowest BCUT2D eigenvalue weighted by Crippen LogP contribution is -2.23. The van der Waals surface area contributed by atoms with Crippen LogP contribution in [0.3, 0.4) is 0 Å². The molecule has 0 radical (unpaired) electrons. The molecule has 2 N–H and O–H groups in total. The second-order valence-corrected chi connectivity index (χ2v) is 4.15. The highest BCUT2D eigenvalue weighted by Crippen LogP contribution is 2.21. The molecule has 1 aromatic carbocycles. The van der Waals surface area contributed by atoms with E-state index in [1.807, 2.05) is 0 Å². The molecule has 0 aliphatic heterocycles. The number of aromatic hydroxyl groups is 1. The van der Waals surface area contributed by atoms with Crippen molar-refractivity contribution in [2.75, 3.05) is 0 Å². The van der Waals surface area contributed by atoms with Crippen LogP contribution in [0.2, 0.25) is 0 Å². The Morgan fingerprint density at radius 3 is 3.10 bits per heavy atom. The van der Waals surface area contributed by atoms with Crippen LogP contribution in [0.1, 0.15) is 11.1 Å². The molecule has 0 aliphatic carbocycles. The molecule has 2 rings (SSSR count). The first kappa shape index (κ1) is 14.4. The van der Waals surface area contributed by atoms with Crippen molar-refractivity contribution in [1.29, 1.82) is 0 Å². The normalized spacial score (nSPS) is 10.7. The molecule has 2 aromatic rings. The number of phenolic OH excluding ortho intramolecular Hbond substituents is 1. The number of tetrazole rings is 1. The first-order valence-corrected chi connectivity index (χ1v) is 6.15. The number of hydrazone groups is 1. The van der Waals surface area contributed by atoms with Crippen molar-refractivity contribution in [2.45, 2.75) is 13.0 Å². The summed E-state index contributed by atoms with van der Waals surface area (Å²) in [5, 5.41) is 24.2. The fraction of sp³-hybridized carbons (Fsp3) is 0.154. The van der Waals surface area contributed by atoms with Crippen LogP contribution in [-0.4, -0.2) is 37.4 Å². The Balaban J connectivity index is 1.96. The van der Waals surface area contributed by atoms with Gasteiger partial charge in [-0.2, -0.15) is 5.10 Å². The maximum atomic E-state index is 11.5. The SMILES string of the molecule is C=CCc1cccc(C=NNC(=O)Cn2cnnn2)c1O. The quantitative estimate of drug-likeness (QED) is 0.450. The van der Waals surface area contributed by atoms with Gasteiger partial charge in [0, 0.05) is 5.56 Å². The summed E-state index contributed by atoms with van der Waals surface area (Å²) in [6, 6.07) is 5.28. The molecule has 0 aliphatic rings. The van der Waals surface area contributed by atoms with Gasteiger partial charge in [0.05, 0.1) is 6.21 Å². The molecule has 0 bridgehead atoms. The van der Waals surface area contributed by atoms with Crippen molar-refractivity contribution in [3.8, 4) is 5.75 Å². The molecule has 0 saturated heterocycles. The Bertz CT molecular complexity index is 651. The third kappa shape index (κ3) is 3.96. The number of aromatic nitrogens is 4. The van der Waals surface area contributed by atoms with Gasteiger partial charge < -0.3 is 5.11 Å². The molecule has 1 amide bonds. The van der Waals surface area contributed by atoms with E-state index >= 15 is 0 Å². The van der Waals surface area contributed by atoms with E-state index in [0.29, 0.717) is 12.0 Å². The van der Waals surface area contributed by atoms with Gasteiger partial charge in [0.2, 0.25) is 0 Å². The number of para-hydroxylation sites is 1. The van der Waals surface area contributed by atoms with Crippen molar-refractivity contribution in [3.05, 3.63) is 48.3 Å². The molecule has 108 valence electrons. The van der Waals surface area contributed by atoms with Gasteiger partial charge in [0.15, 0.2) is 0 Å². The lowest BCUT2D eigenvalue weighted by Gasteiger charge is -2.04. The summed E-state index contributed by atoms with van der Waals surface area (Å²) in [5.74, 6) is -0.254. The lowest BCUT2D eigenvalue weighted by molar-refractivity contribution is -0.121. The highest BCUT2D eigenvalue weighted by atomic mass is 16.3. The fourth-order valence-corrected chi connectivity index (χ4v) is 1.64. The number of nitrogens with one attached hydrogen (secondary N) is 1. The Morgan fingerprint density at radius 2 is 2.38 bits per heavy atom. The molecule has 8 nitrogen and oxygen atoms in total. The van der Waals surface area contributed by atoms with E-state index in [2.05, 4.69) is 32.6 Å². The predicted molar refractivity (Wildman–Crippen MR) is 75.6 cm³/mol.